The summed E-state index contributed by atoms with van der Waals surface area (Å²) in [5.74, 6) is -0.957. The number of thiazole rings is 1. The summed E-state index contributed by atoms with van der Waals surface area (Å²) in [6, 6.07) is 10.2. The van der Waals surface area contributed by atoms with Crippen molar-refractivity contribution < 1.29 is 32.2 Å². The molecule has 2 aromatic heterocycles. The molecule has 2 N–H and O–H groups in total. The Bertz CT molecular complexity index is 1060. The lowest BCUT2D eigenvalue weighted by Gasteiger charge is -2.10. The van der Waals surface area contributed by atoms with Gasteiger partial charge in [0.1, 0.15) is 22.2 Å². The topological polar surface area (TPSA) is 102 Å². The molecule has 3 aromatic rings. The average Bonchev–Trinajstić information content (AvgIpc) is 3.26. The van der Waals surface area contributed by atoms with Crippen molar-refractivity contribution >= 4 is 23.2 Å². The monoisotopic (exact) mass is 480 g/mol. The number of amides is 2. The molecule has 0 saturated carbocycles. The fraction of sp³-hybridized carbons (Fsp3) is 0.238. The third-order valence-electron chi connectivity index (χ3n) is 4.04. The molecule has 174 valence electrons. The molecule has 2 heterocycles. The normalized spacial score (nSPS) is 11.0. The second-order valence-corrected chi connectivity index (χ2v) is 7.48. The van der Waals surface area contributed by atoms with Gasteiger partial charge in [0.2, 0.25) is 0 Å². The zero-order valence-corrected chi connectivity index (χ0v) is 17.9. The molecule has 0 aliphatic heterocycles. The number of benzene rings is 1. The molecule has 0 fully saturated rings. The van der Waals surface area contributed by atoms with E-state index in [-0.39, 0.29) is 36.3 Å². The average molecular weight is 480 g/mol. The highest BCUT2D eigenvalue weighted by Gasteiger charge is 2.31. The lowest BCUT2D eigenvalue weighted by atomic mass is 10.2. The van der Waals surface area contributed by atoms with E-state index in [1.807, 2.05) is 18.2 Å². The van der Waals surface area contributed by atoms with Crippen LogP contribution in [0.3, 0.4) is 0 Å². The summed E-state index contributed by atoms with van der Waals surface area (Å²) < 4.78 is 45.4. The smallest absolute Gasteiger partial charge is 0.484 e. The van der Waals surface area contributed by atoms with E-state index in [1.54, 1.807) is 11.6 Å². The number of hydrogen-bond acceptors (Lipinski definition) is 7. The third kappa shape index (κ3) is 8.41. The number of pyridine rings is 1. The summed E-state index contributed by atoms with van der Waals surface area (Å²) in [6.45, 7) is 0.179. The highest BCUT2D eigenvalue weighted by atomic mass is 32.1. The van der Waals surface area contributed by atoms with Gasteiger partial charge in [0.25, 0.3) is 11.8 Å². The van der Waals surface area contributed by atoms with Gasteiger partial charge in [-0.05, 0) is 36.4 Å². The van der Waals surface area contributed by atoms with Crippen molar-refractivity contribution in [3.05, 3.63) is 70.4 Å². The van der Waals surface area contributed by atoms with Crippen molar-refractivity contribution in [2.24, 2.45) is 0 Å². The Morgan fingerprint density at radius 3 is 2.48 bits per heavy atom. The first-order valence-electron chi connectivity index (χ1n) is 9.66. The van der Waals surface area contributed by atoms with Crippen molar-refractivity contribution in [2.75, 3.05) is 13.2 Å². The predicted molar refractivity (Wildman–Crippen MR) is 113 cm³/mol. The van der Waals surface area contributed by atoms with Crippen LogP contribution < -0.4 is 20.1 Å². The molecule has 33 heavy (non-hydrogen) atoms. The van der Waals surface area contributed by atoms with Crippen LogP contribution in [0.5, 0.6) is 11.5 Å². The first-order chi connectivity index (χ1) is 15.8. The summed E-state index contributed by atoms with van der Waals surface area (Å²) in [4.78, 5) is 32.5. The lowest BCUT2D eigenvalue weighted by Crippen LogP contribution is -2.28. The molecular formula is C21H19F3N4O4S. The molecule has 0 bridgehead atoms. The molecule has 0 aliphatic carbocycles. The number of hydrogen-bond donors (Lipinski definition) is 2. The molecule has 12 heteroatoms. The van der Waals surface area contributed by atoms with Gasteiger partial charge < -0.3 is 20.1 Å². The molecule has 3 rings (SSSR count). The minimum Gasteiger partial charge on any atom is -0.484 e. The summed E-state index contributed by atoms with van der Waals surface area (Å²) >= 11 is 1.22. The van der Waals surface area contributed by atoms with Gasteiger partial charge in [-0.15, -0.1) is 24.5 Å². The van der Waals surface area contributed by atoms with E-state index in [2.05, 4.69) is 25.3 Å². The molecular weight excluding hydrogens is 461 g/mol. The minimum absolute atomic E-state index is 0.104. The first-order valence-corrected chi connectivity index (χ1v) is 10.5. The van der Waals surface area contributed by atoms with Gasteiger partial charge in [-0.3, -0.25) is 14.6 Å². The Balaban J connectivity index is 1.37. The van der Waals surface area contributed by atoms with Gasteiger partial charge >= 0.3 is 6.36 Å². The lowest BCUT2D eigenvalue weighted by molar-refractivity contribution is -0.274. The number of ether oxygens (including phenoxy) is 2. The molecule has 0 atom stereocenters. The van der Waals surface area contributed by atoms with Crippen LogP contribution >= 0.6 is 11.3 Å². The van der Waals surface area contributed by atoms with E-state index in [9.17, 15) is 22.8 Å². The Labute approximate surface area is 190 Å². The van der Waals surface area contributed by atoms with Crippen molar-refractivity contribution in [2.45, 2.75) is 19.3 Å². The Hall–Kier alpha value is -3.67. The van der Waals surface area contributed by atoms with Crippen molar-refractivity contribution in [3.8, 4) is 11.5 Å². The van der Waals surface area contributed by atoms with Crippen molar-refractivity contribution in [1.82, 2.24) is 20.6 Å². The van der Waals surface area contributed by atoms with Crippen LogP contribution in [0.1, 0.15) is 21.2 Å². The number of nitrogens with one attached hydrogen (secondary N) is 2. The zero-order chi connectivity index (χ0) is 23.7. The van der Waals surface area contributed by atoms with Gasteiger partial charge in [-0.25, -0.2) is 4.98 Å². The summed E-state index contributed by atoms with van der Waals surface area (Å²) in [5.41, 5.74) is 1.12. The van der Waals surface area contributed by atoms with E-state index in [0.717, 1.165) is 17.8 Å². The van der Waals surface area contributed by atoms with Crippen LogP contribution in [-0.2, 0) is 17.8 Å². The molecule has 1 aromatic carbocycles. The van der Waals surface area contributed by atoms with Crippen LogP contribution in [0, 0.1) is 0 Å². The largest absolute Gasteiger partial charge is 0.573 e. The minimum atomic E-state index is -4.78. The molecule has 0 spiro atoms. The second-order valence-electron chi connectivity index (χ2n) is 6.54. The number of carbonyl (C=O) groups is 2. The molecule has 0 aliphatic rings. The van der Waals surface area contributed by atoms with Gasteiger partial charge in [0, 0.05) is 30.2 Å². The Kier molecular flexibility index (Phi) is 8.19. The van der Waals surface area contributed by atoms with Crippen LogP contribution in [-0.4, -0.2) is 41.3 Å². The third-order valence-corrected chi connectivity index (χ3v) is 4.89. The number of aromatic nitrogens is 2. The molecule has 2 amide bonds. The van der Waals surface area contributed by atoms with Gasteiger partial charge in [0.15, 0.2) is 6.61 Å². The quantitative estimate of drug-likeness (QED) is 0.462. The molecule has 0 radical (unpaired) electrons. The first kappa shape index (κ1) is 24.0. The summed E-state index contributed by atoms with van der Waals surface area (Å²) in [5, 5.41) is 7.50. The molecule has 8 nitrogen and oxygen atoms in total. The summed E-state index contributed by atoms with van der Waals surface area (Å²) in [7, 11) is 0. The predicted octanol–water partition coefficient (Wildman–Crippen LogP) is 3.10. The van der Waals surface area contributed by atoms with E-state index in [4.69, 9.17) is 4.74 Å². The number of rotatable bonds is 10. The van der Waals surface area contributed by atoms with Gasteiger partial charge in [-0.1, -0.05) is 6.07 Å². The highest BCUT2D eigenvalue weighted by molar-refractivity contribution is 7.09. The second kappa shape index (κ2) is 11.3. The van der Waals surface area contributed by atoms with E-state index in [0.29, 0.717) is 18.0 Å². The number of nitrogens with zero attached hydrogens (tertiary/aromatic N) is 2. The van der Waals surface area contributed by atoms with Crippen LogP contribution in [0.25, 0.3) is 0 Å². The molecule has 0 saturated heterocycles. The Morgan fingerprint density at radius 2 is 1.79 bits per heavy atom. The molecule has 0 unspecified atom stereocenters. The summed E-state index contributed by atoms with van der Waals surface area (Å²) in [6.07, 6.45) is -2.50. The maximum absolute atomic E-state index is 12.2. The van der Waals surface area contributed by atoms with Crippen molar-refractivity contribution in [3.63, 3.8) is 0 Å². The van der Waals surface area contributed by atoms with Crippen molar-refractivity contribution in [1.29, 1.82) is 0 Å². The van der Waals surface area contributed by atoms with Crippen LogP contribution in [0.4, 0.5) is 13.2 Å². The van der Waals surface area contributed by atoms with E-state index < -0.39 is 12.3 Å². The number of halogens is 3. The number of alkyl halides is 3. The highest BCUT2D eigenvalue weighted by Crippen LogP contribution is 2.24. The van der Waals surface area contributed by atoms with E-state index >= 15 is 0 Å². The zero-order valence-electron chi connectivity index (χ0n) is 17.1. The standard InChI is InChI=1S/C21H19F3N4O4S/c22-21(23,24)32-16-6-4-15(5-7-16)31-12-18(29)27-11-19-28-17(13-33-19)20(30)26-10-8-14-3-1-2-9-25-14/h1-7,9,13H,8,10-12H2,(H,26,30)(H,27,29). The fourth-order valence-electron chi connectivity index (χ4n) is 2.55. The van der Waals surface area contributed by atoms with E-state index in [1.165, 1.54) is 23.5 Å². The Morgan fingerprint density at radius 1 is 1.03 bits per heavy atom. The van der Waals surface area contributed by atoms with Gasteiger partial charge in [0.05, 0.1) is 6.54 Å². The number of carbonyl (C=O) groups excluding carboxylic acids is 2. The van der Waals surface area contributed by atoms with Crippen LogP contribution in [0.2, 0.25) is 0 Å². The van der Waals surface area contributed by atoms with Gasteiger partial charge in [-0.2, -0.15) is 0 Å². The maximum atomic E-state index is 12.2. The fourth-order valence-corrected chi connectivity index (χ4v) is 3.26. The maximum Gasteiger partial charge on any atom is 0.573 e. The van der Waals surface area contributed by atoms with Crippen LogP contribution in [0.15, 0.2) is 54.0 Å². The SMILES string of the molecule is O=C(COc1ccc(OC(F)(F)F)cc1)NCc1nc(C(=O)NCCc2ccccn2)cs1.